The Balaban J connectivity index is 1.21. The number of nitrogens with zero attached hydrogens (tertiary/aromatic N) is 9. The molecule has 5 aliphatic carbocycles. The Bertz CT molecular complexity index is 3270. The third-order valence-corrected chi connectivity index (χ3v) is 25.5. The van der Waals surface area contributed by atoms with E-state index in [1.807, 2.05) is 40.7 Å². The minimum atomic E-state index is -4.52. The van der Waals surface area contributed by atoms with E-state index < -0.39 is 186 Å². The lowest BCUT2D eigenvalue weighted by molar-refractivity contribution is -0.215. The number of alkyl halides is 3. The maximum absolute atomic E-state index is 15.9. The lowest BCUT2D eigenvalue weighted by Crippen LogP contribution is -2.71. The monoisotopic (exact) mass is 1540 g/mol. The molecule has 3 aliphatic heterocycles. The molecule has 0 radical (unpaired) electrons. The molecule has 2 bridgehead atoms. The molecule has 13 atom stereocenters. The highest BCUT2D eigenvalue weighted by Crippen LogP contribution is 2.51. The highest BCUT2D eigenvalue weighted by molar-refractivity contribution is 6.01. The Morgan fingerprint density at radius 1 is 0.651 bits per heavy atom. The largest absolute Gasteiger partial charge is 0.394 e. The van der Waals surface area contributed by atoms with Gasteiger partial charge in [-0.3, -0.25) is 57.5 Å². The van der Waals surface area contributed by atoms with Crippen LogP contribution in [0.5, 0.6) is 0 Å². The number of amides is 12. The fourth-order valence-electron chi connectivity index (χ4n) is 18.9. The highest BCUT2D eigenvalue weighted by atomic mass is 19.4. The maximum Gasteiger partial charge on any atom is 0.394 e. The summed E-state index contributed by atoms with van der Waals surface area (Å²) in [6, 6.07) is -10.1. The van der Waals surface area contributed by atoms with Gasteiger partial charge in [-0.05, 0) is 163 Å². The summed E-state index contributed by atoms with van der Waals surface area (Å²) < 4.78 is 54.7. The topological polar surface area (TPSA) is 289 Å². The first kappa shape index (κ1) is 87.7. The predicted molar refractivity (Wildman–Crippen MR) is 403 cm³/mol. The highest BCUT2D eigenvalue weighted by Gasteiger charge is 2.60. The van der Waals surface area contributed by atoms with Gasteiger partial charge in [0.05, 0.1) is 37.6 Å². The summed E-state index contributed by atoms with van der Waals surface area (Å²) in [5.74, 6) is -9.74. The predicted octanol–water partition coefficient (Wildman–Crippen LogP) is 6.56. The van der Waals surface area contributed by atoms with E-state index in [-0.39, 0.29) is 108 Å². The summed E-state index contributed by atoms with van der Waals surface area (Å²) in [5.41, 5.74) is -2.17. The van der Waals surface area contributed by atoms with E-state index in [0.29, 0.717) is 37.5 Å². The average molecular weight is 1540 g/mol. The Kier molecular flexibility index (Phi) is 30.3. The lowest BCUT2D eigenvalue weighted by atomic mass is 9.58. The van der Waals surface area contributed by atoms with Crippen LogP contribution >= 0.6 is 0 Å². The molecule has 0 aromatic heterocycles. The third kappa shape index (κ3) is 21.5. The Hall–Kier alpha value is -6.91. The standard InChI is InChI=1S/C80H129F3N12O14/c1-17-49(5)67-75(105)89(11)45-66(98)90(12)58-26-20-19-23-37-94(74(58)104)62(39-50-27-31-52(32-28-50)53-33-34-53)73(103)88(10)44-64(96)84-57(36-30-51-29-35-56(80(81,82)83)63(40-51)108-16)71(101)95-43-55(109-18-2)41-60(95)70(100)86-79(46-78(6,7)47-79)77(107)93(15)68(54-24-21-22-25-54)76(106)92(14)61(72(102)87(8)9)42-65(97)91(13)59(38-48(3)4)69(99)85-67/h19-20,48-63,67-68H,17-18,21-47H2,1-16H3,(H,84,96)(H,85,99)(H,86,100)/b20-19-/t49-,50?,51?,52?,55+,56?,57-,58-,59-,60-,61-,62-,63?,67-,68-/m0/s1. The van der Waals surface area contributed by atoms with Gasteiger partial charge in [0, 0.05) is 89.6 Å². The summed E-state index contributed by atoms with van der Waals surface area (Å²) in [6.07, 6.45) is 6.41. The molecule has 109 heavy (non-hydrogen) atoms. The van der Waals surface area contributed by atoms with Crippen LogP contribution in [0.1, 0.15) is 203 Å². The molecule has 5 saturated carbocycles. The molecule has 0 aromatic carbocycles. The van der Waals surface area contributed by atoms with Crippen molar-refractivity contribution in [3.05, 3.63) is 12.2 Å². The average Bonchev–Trinajstić information content (AvgIpc) is 1.62. The van der Waals surface area contributed by atoms with Crippen molar-refractivity contribution in [1.29, 1.82) is 0 Å². The molecule has 3 unspecified atom stereocenters. The van der Waals surface area contributed by atoms with Crippen molar-refractivity contribution in [2.75, 3.05) is 96.3 Å². The zero-order valence-electron chi connectivity index (χ0n) is 67.9. The fourth-order valence-corrected chi connectivity index (χ4v) is 18.9. The second kappa shape index (κ2) is 37.6. The van der Waals surface area contributed by atoms with Gasteiger partial charge in [-0.25, -0.2) is 0 Å². The number of carbonyl (C=O) groups excluding carboxylic acids is 12. The molecule has 8 rings (SSSR count). The Labute approximate surface area is 644 Å². The number of rotatable bonds is 15. The van der Waals surface area contributed by atoms with E-state index in [1.54, 1.807) is 19.9 Å². The van der Waals surface area contributed by atoms with Crippen LogP contribution in [0, 0.1) is 52.8 Å². The first-order valence-electron chi connectivity index (χ1n) is 40.4. The first-order chi connectivity index (χ1) is 51.3. The van der Waals surface area contributed by atoms with Gasteiger partial charge in [0.15, 0.2) is 0 Å². The number of hydrogen-bond donors (Lipinski definition) is 3. The minimum absolute atomic E-state index is 0.0108. The van der Waals surface area contributed by atoms with Gasteiger partial charge >= 0.3 is 6.18 Å². The van der Waals surface area contributed by atoms with E-state index in [0.717, 1.165) is 38.5 Å². The smallest absolute Gasteiger partial charge is 0.381 e. The zero-order chi connectivity index (χ0) is 80.5. The van der Waals surface area contributed by atoms with Crippen LogP contribution in [0.25, 0.3) is 0 Å². The van der Waals surface area contributed by atoms with Gasteiger partial charge in [0.25, 0.3) is 0 Å². The lowest BCUT2D eigenvalue weighted by Gasteiger charge is -2.54. The zero-order valence-corrected chi connectivity index (χ0v) is 67.9. The summed E-state index contributed by atoms with van der Waals surface area (Å²) in [5, 5.41) is 8.94. The number of methoxy groups -OCH3 is 1. The van der Waals surface area contributed by atoms with E-state index in [1.165, 1.54) is 120 Å². The molecule has 7 fully saturated rings. The molecule has 0 aromatic rings. The van der Waals surface area contributed by atoms with Gasteiger partial charge in [-0.1, -0.05) is 85.8 Å². The van der Waals surface area contributed by atoms with Crippen molar-refractivity contribution in [3.8, 4) is 0 Å². The molecule has 614 valence electrons. The van der Waals surface area contributed by atoms with Crippen molar-refractivity contribution in [2.24, 2.45) is 52.8 Å². The van der Waals surface area contributed by atoms with Gasteiger partial charge in [0.2, 0.25) is 70.9 Å². The van der Waals surface area contributed by atoms with Crippen LogP contribution in [-0.4, -0.2) is 284 Å². The number of ether oxygens (including phenoxy) is 2. The van der Waals surface area contributed by atoms with Crippen molar-refractivity contribution in [3.63, 3.8) is 0 Å². The number of fused-ring (bicyclic) bond motifs is 3. The van der Waals surface area contributed by atoms with Gasteiger partial charge < -0.3 is 69.5 Å². The third-order valence-electron chi connectivity index (χ3n) is 25.5. The number of hydrogen-bond acceptors (Lipinski definition) is 14. The first-order valence-corrected chi connectivity index (χ1v) is 40.4. The fraction of sp³-hybridized carbons (Fsp3) is 0.825. The number of likely N-dealkylation sites (N-methyl/N-ethyl adjacent to an activating group) is 7. The van der Waals surface area contributed by atoms with Crippen molar-refractivity contribution in [1.82, 2.24) is 60.0 Å². The summed E-state index contributed by atoms with van der Waals surface area (Å²) >= 11 is 0. The molecule has 3 N–H and O–H groups in total. The molecule has 3 heterocycles. The van der Waals surface area contributed by atoms with Gasteiger partial charge in [0.1, 0.15) is 53.9 Å². The molecular weight excluding hydrogens is 1410 g/mol. The molecule has 2 saturated heterocycles. The molecular formula is C80H129F3N12O14. The Morgan fingerprint density at radius 3 is 1.85 bits per heavy atom. The maximum atomic E-state index is 15.9. The summed E-state index contributed by atoms with van der Waals surface area (Å²) in [7, 11) is 12.9. The minimum Gasteiger partial charge on any atom is -0.381 e. The summed E-state index contributed by atoms with van der Waals surface area (Å²) in [6.45, 7) is 12.0. The Morgan fingerprint density at radius 2 is 1.28 bits per heavy atom. The van der Waals surface area contributed by atoms with Crippen LogP contribution in [0.15, 0.2) is 12.2 Å². The van der Waals surface area contributed by atoms with E-state index in [9.17, 15) is 32.3 Å². The van der Waals surface area contributed by atoms with Crippen LogP contribution < -0.4 is 16.0 Å². The molecule has 26 nitrogen and oxygen atoms in total. The van der Waals surface area contributed by atoms with Gasteiger partial charge in [-0.2, -0.15) is 13.2 Å². The number of halogens is 3. The second-order valence-corrected chi connectivity index (χ2v) is 34.8. The van der Waals surface area contributed by atoms with Crippen LogP contribution in [0.2, 0.25) is 0 Å². The van der Waals surface area contributed by atoms with Crippen molar-refractivity contribution < 1.29 is 80.2 Å². The van der Waals surface area contributed by atoms with Crippen molar-refractivity contribution >= 4 is 70.9 Å². The SMILES string of the molecule is CCO[C@@H]1C[C@H]2C(=O)NC3(CC(C)(C)C3)C(=O)N(C)[C@@H](C3CCCC3)C(=O)N(C)[C@H](C(=O)N(C)C)CC(=O)N(C)[C@@H](CC(C)C)C(=O)N[C@@H]([C@@H](C)CC)C(=O)N(C)CC(=O)N(C)[C@H]3C/C=C\CCN(C3=O)[C@@H](CC3CCC(C4CC4)CC3)C(=O)N(C)CC(=O)N[C@@H](CCC3CCC(C(F)(F)F)C(OC)C3)C(=O)N2C1. The molecule has 8 aliphatic rings. The molecule has 1 spiro atoms. The van der Waals surface area contributed by atoms with E-state index >= 15 is 38.4 Å². The van der Waals surface area contributed by atoms with Crippen LogP contribution in [0.4, 0.5) is 13.2 Å². The van der Waals surface area contributed by atoms with Crippen LogP contribution in [0.3, 0.4) is 0 Å². The second-order valence-electron chi connectivity index (χ2n) is 34.8. The van der Waals surface area contributed by atoms with Gasteiger partial charge in [-0.15, -0.1) is 0 Å². The van der Waals surface area contributed by atoms with E-state index in [2.05, 4.69) is 16.0 Å². The van der Waals surface area contributed by atoms with Crippen LogP contribution in [-0.2, 0) is 67.0 Å². The molecule has 29 heteroatoms. The van der Waals surface area contributed by atoms with E-state index in [4.69, 9.17) is 9.47 Å². The van der Waals surface area contributed by atoms with Crippen molar-refractivity contribution in [2.45, 2.75) is 275 Å². The normalized spacial score (nSPS) is 32.1. The quantitative estimate of drug-likeness (QED) is 0.146. The number of carbonyl (C=O) groups is 12. The molecule has 12 amide bonds. The summed E-state index contributed by atoms with van der Waals surface area (Å²) in [4.78, 5) is 195. The number of nitrogens with one attached hydrogen (secondary N) is 3.